The molecule has 182 valence electrons. The maximum atomic E-state index is 12.3. The van der Waals surface area contributed by atoms with Crippen molar-refractivity contribution in [3.63, 3.8) is 0 Å². The number of carboxylic acids is 1. The molecule has 0 spiro atoms. The highest BCUT2D eigenvalue weighted by Crippen LogP contribution is 2.44. The Morgan fingerprint density at radius 1 is 1.06 bits per heavy atom. The summed E-state index contributed by atoms with van der Waals surface area (Å²) in [6.07, 6.45) is 1.73. The number of carbonyl (C=O) groups excluding carboxylic acids is 2. The van der Waals surface area contributed by atoms with Crippen LogP contribution in [-0.2, 0) is 16.1 Å². The number of aromatic carboxylic acids is 1. The van der Waals surface area contributed by atoms with E-state index >= 15 is 0 Å². The highest BCUT2D eigenvalue weighted by Gasteiger charge is 2.29. The largest absolute Gasteiger partial charge is 0.477 e. The number of hydrogen-bond acceptors (Lipinski definition) is 6. The SMILES string of the molecule is CC(CCNC(=O)OCC1c2ccccc2-c2ccccc21)CC(=O)NCc1ncc(C(=O)O)s1. The minimum atomic E-state index is -1.03. The number of carbonyl (C=O) groups is 3. The number of amides is 2. The summed E-state index contributed by atoms with van der Waals surface area (Å²) in [7, 11) is 0. The summed E-state index contributed by atoms with van der Waals surface area (Å²) in [4.78, 5) is 39.5. The minimum absolute atomic E-state index is 0.0141. The lowest BCUT2D eigenvalue weighted by atomic mass is 9.98. The van der Waals surface area contributed by atoms with Crippen molar-refractivity contribution in [1.29, 1.82) is 0 Å². The predicted octanol–water partition coefficient (Wildman–Crippen LogP) is 4.41. The van der Waals surface area contributed by atoms with Gasteiger partial charge in [-0.25, -0.2) is 14.6 Å². The average molecular weight is 494 g/mol. The van der Waals surface area contributed by atoms with Gasteiger partial charge in [-0.05, 0) is 34.6 Å². The van der Waals surface area contributed by atoms with Crippen LogP contribution in [0.4, 0.5) is 4.79 Å². The minimum Gasteiger partial charge on any atom is -0.477 e. The van der Waals surface area contributed by atoms with Crippen molar-refractivity contribution in [2.24, 2.45) is 5.92 Å². The van der Waals surface area contributed by atoms with Crippen molar-refractivity contribution in [3.05, 3.63) is 75.7 Å². The van der Waals surface area contributed by atoms with Crippen LogP contribution < -0.4 is 10.6 Å². The second-order valence-electron chi connectivity index (χ2n) is 8.55. The maximum absolute atomic E-state index is 12.3. The number of carboxylic acid groups (broad SMARTS) is 1. The molecule has 2 amide bonds. The number of fused-ring (bicyclic) bond motifs is 3. The van der Waals surface area contributed by atoms with Crippen molar-refractivity contribution in [3.8, 4) is 11.1 Å². The number of ether oxygens (including phenoxy) is 1. The number of hydrogen-bond donors (Lipinski definition) is 3. The second-order valence-corrected chi connectivity index (χ2v) is 9.67. The van der Waals surface area contributed by atoms with Crippen LogP contribution in [0.15, 0.2) is 54.7 Å². The molecular formula is C26H27N3O5S. The van der Waals surface area contributed by atoms with Gasteiger partial charge in [0.1, 0.15) is 16.5 Å². The van der Waals surface area contributed by atoms with E-state index in [0.29, 0.717) is 24.4 Å². The third kappa shape index (κ3) is 6.05. The molecule has 4 rings (SSSR count). The first kappa shape index (κ1) is 24.4. The van der Waals surface area contributed by atoms with Gasteiger partial charge in [0.05, 0.1) is 12.7 Å². The smallest absolute Gasteiger partial charge is 0.407 e. The van der Waals surface area contributed by atoms with E-state index in [9.17, 15) is 14.4 Å². The third-order valence-electron chi connectivity index (χ3n) is 5.99. The summed E-state index contributed by atoms with van der Waals surface area (Å²) in [5.74, 6) is -1.11. The summed E-state index contributed by atoms with van der Waals surface area (Å²) in [5, 5.41) is 15.0. The molecule has 9 heteroatoms. The van der Waals surface area contributed by atoms with Crippen LogP contribution in [0.25, 0.3) is 11.1 Å². The van der Waals surface area contributed by atoms with Crippen molar-refractivity contribution in [2.45, 2.75) is 32.2 Å². The lowest BCUT2D eigenvalue weighted by molar-refractivity contribution is -0.122. The number of aromatic nitrogens is 1. The van der Waals surface area contributed by atoms with Gasteiger partial charge in [0.25, 0.3) is 0 Å². The molecule has 1 aliphatic carbocycles. The van der Waals surface area contributed by atoms with Crippen LogP contribution in [0.1, 0.15) is 51.5 Å². The maximum Gasteiger partial charge on any atom is 0.407 e. The molecule has 0 radical (unpaired) electrons. The van der Waals surface area contributed by atoms with E-state index in [4.69, 9.17) is 9.84 Å². The van der Waals surface area contributed by atoms with Crippen LogP contribution in [0.3, 0.4) is 0 Å². The van der Waals surface area contributed by atoms with Gasteiger partial charge in [0.15, 0.2) is 0 Å². The highest BCUT2D eigenvalue weighted by molar-refractivity contribution is 7.13. The molecule has 0 bridgehead atoms. The summed E-state index contributed by atoms with van der Waals surface area (Å²) >= 11 is 1.04. The first-order valence-electron chi connectivity index (χ1n) is 11.5. The van der Waals surface area contributed by atoms with Gasteiger partial charge < -0.3 is 20.5 Å². The molecule has 0 saturated heterocycles. The Morgan fingerprint density at radius 2 is 1.71 bits per heavy atom. The molecule has 0 saturated carbocycles. The fraction of sp³-hybridized carbons (Fsp3) is 0.308. The topological polar surface area (TPSA) is 118 Å². The number of rotatable bonds is 10. The fourth-order valence-corrected chi connectivity index (χ4v) is 4.92. The van der Waals surface area contributed by atoms with Crippen LogP contribution >= 0.6 is 11.3 Å². The van der Waals surface area contributed by atoms with Gasteiger partial charge in [0.2, 0.25) is 5.91 Å². The molecule has 1 aliphatic rings. The van der Waals surface area contributed by atoms with E-state index in [1.165, 1.54) is 17.3 Å². The Labute approximate surface area is 207 Å². The van der Waals surface area contributed by atoms with Gasteiger partial charge in [-0.15, -0.1) is 11.3 Å². The lowest BCUT2D eigenvalue weighted by Crippen LogP contribution is -2.29. The Hall–Kier alpha value is -3.72. The zero-order valence-electron chi connectivity index (χ0n) is 19.3. The van der Waals surface area contributed by atoms with Gasteiger partial charge in [-0.3, -0.25) is 4.79 Å². The summed E-state index contributed by atoms with van der Waals surface area (Å²) in [5.41, 5.74) is 4.69. The predicted molar refractivity (Wildman–Crippen MR) is 132 cm³/mol. The number of alkyl carbamates (subject to hydrolysis) is 1. The van der Waals surface area contributed by atoms with Crippen LogP contribution in [0, 0.1) is 5.92 Å². The molecule has 1 atom stereocenters. The Kier molecular flexibility index (Phi) is 7.77. The summed E-state index contributed by atoms with van der Waals surface area (Å²) < 4.78 is 5.53. The van der Waals surface area contributed by atoms with Crippen LogP contribution in [0.5, 0.6) is 0 Å². The van der Waals surface area contributed by atoms with Crippen molar-refractivity contribution in [2.75, 3.05) is 13.2 Å². The molecule has 0 fully saturated rings. The van der Waals surface area contributed by atoms with E-state index in [0.717, 1.165) is 22.5 Å². The lowest BCUT2D eigenvalue weighted by Gasteiger charge is -2.15. The van der Waals surface area contributed by atoms with E-state index in [-0.39, 0.29) is 35.8 Å². The number of nitrogens with one attached hydrogen (secondary N) is 2. The monoisotopic (exact) mass is 493 g/mol. The van der Waals surface area contributed by atoms with E-state index in [2.05, 4.69) is 39.9 Å². The molecule has 1 aromatic heterocycles. The Balaban J connectivity index is 1.16. The molecule has 2 aromatic carbocycles. The van der Waals surface area contributed by atoms with E-state index in [1.54, 1.807) is 0 Å². The normalized spacial score (nSPS) is 12.9. The molecule has 8 nitrogen and oxygen atoms in total. The highest BCUT2D eigenvalue weighted by atomic mass is 32.1. The molecule has 35 heavy (non-hydrogen) atoms. The Bertz CT molecular complexity index is 1180. The first-order valence-corrected chi connectivity index (χ1v) is 12.3. The number of benzene rings is 2. The molecule has 0 aliphatic heterocycles. The van der Waals surface area contributed by atoms with Crippen molar-refractivity contribution < 1.29 is 24.2 Å². The average Bonchev–Trinajstić information content (AvgIpc) is 3.45. The first-order chi connectivity index (χ1) is 16.9. The quantitative estimate of drug-likeness (QED) is 0.385. The van der Waals surface area contributed by atoms with Gasteiger partial charge in [0, 0.05) is 18.9 Å². The summed E-state index contributed by atoms with van der Waals surface area (Å²) in [6, 6.07) is 16.4. The van der Waals surface area contributed by atoms with Gasteiger partial charge in [-0.1, -0.05) is 55.5 Å². The zero-order chi connectivity index (χ0) is 24.8. The standard InChI is InChI=1S/C26H27N3O5S/c1-16(12-23(30)28-14-24-29-13-22(35-24)25(31)32)10-11-27-26(33)34-15-21-19-8-4-2-6-17(19)18-7-3-5-9-20(18)21/h2-9,13,16,21H,10-12,14-15H2,1H3,(H,27,33)(H,28,30)(H,31,32). The van der Waals surface area contributed by atoms with Crippen molar-refractivity contribution in [1.82, 2.24) is 15.6 Å². The Morgan fingerprint density at radius 3 is 2.34 bits per heavy atom. The van der Waals surface area contributed by atoms with E-state index < -0.39 is 12.1 Å². The van der Waals surface area contributed by atoms with Crippen LogP contribution in [0.2, 0.25) is 0 Å². The van der Waals surface area contributed by atoms with Gasteiger partial charge in [-0.2, -0.15) is 0 Å². The molecule has 3 N–H and O–H groups in total. The van der Waals surface area contributed by atoms with Crippen molar-refractivity contribution >= 4 is 29.3 Å². The molecular weight excluding hydrogens is 466 g/mol. The molecule has 1 unspecified atom stereocenters. The second kappa shape index (κ2) is 11.1. The molecule has 1 heterocycles. The van der Waals surface area contributed by atoms with Crippen LogP contribution in [-0.4, -0.2) is 41.2 Å². The van der Waals surface area contributed by atoms with E-state index in [1.807, 2.05) is 31.2 Å². The third-order valence-corrected chi connectivity index (χ3v) is 6.97. The van der Waals surface area contributed by atoms with Gasteiger partial charge >= 0.3 is 12.1 Å². The summed E-state index contributed by atoms with van der Waals surface area (Å²) in [6.45, 7) is 2.80. The number of nitrogens with zero attached hydrogens (tertiary/aromatic N) is 1. The fourth-order valence-electron chi connectivity index (χ4n) is 4.23. The molecule has 3 aromatic rings. The number of thiazole rings is 1. The zero-order valence-corrected chi connectivity index (χ0v) is 20.1.